The number of thiophene rings is 1. The monoisotopic (exact) mass is 681 g/mol. The Morgan fingerprint density at radius 2 is 1.89 bits per heavy atom. The van der Waals surface area contributed by atoms with Gasteiger partial charge in [0.15, 0.2) is 4.80 Å². The van der Waals surface area contributed by atoms with Crippen molar-refractivity contribution in [2.24, 2.45) is 4.99 Å². The van der Waals surface area contributed by atoms with Gasteiger partial charge in [-0.25, -0.2) is 9.79 Å². The van der Waals surface area contributed by atoms with E-state index in [4.69, 9.17) is 14.5 Å². The van der Waals surface area contributed by atoms with Crippen LogP contribution < -0.4 is 19.6 Å². The maximum atomic E-state index is 14.0. The average molecular weight is 683 g/mol. The summed E-state index contributed by atoms with van der Waals surface area (Å²) in [6.45, 7) is 2.21. The molecule has 0 saturated carbocycles. The molecule has 0 aliphatic carbocycles. The van der Waals surface area contributed by atoms with E-state index in [0.717, 1.165) is 21.6 Å². The molecule has 3 aromatic carbocycles. The predicted molar refractivity (Wildman–Crippen MR) is 175 cm³/mol. The Kier molecular flexibility index (Phi) is 8.70. The summed E-state index contributed by atoms with van der Waals surface area (Å²) in [7, 11) is 0. The maximum Gasteiger partial charge on any atom is 0.338 e. The van der Waals surface area contributed by atoms with Crippen molar-refractivity contribution in [3.05, 3.63) is 147 Å². The molecule has 0 bridgehead atoms. The van der Waals surface area contributed by atoms with Crippen LogP contribution in [0.3, 0.4) is 0 Å². The molecule has 7 nitrogen and oxygen atoms in total. The third-order valence-electron chi connectivity index (χ3n) is 6.96. The summed E-state index contributed by atoms with van der Waals surface area (Å²) in [5.74, 6) is 0.111. The number of esters is 1. The second-order valence-corrected chi connectivity index (χ2v) is 12.5. The van der Waals surface area contributed by atoms with Crippen LogP contribution in [0.5, 0.6) is 5.75 Å². The zero-order valence-corrected chi connectivity index (χ0v) is 26.6. The minimum atomic E-state index is -0.679. The zero-order valence-electron chi connectivity index (χ0n) is 23.4. The van der Waals surface area contributed by atoms with Gasteiger partial charge in [0.25, 0.3) is 5.56 Å². The number of halogens is 1. The lowest BCUT2D eigenvalue weighted by Gasteiger charge is -2.24. The van der Waals surface area contributed by atoms with Crippen molar-refractivity contribution >= 4 is 56.3 Å². The minimum Gasteiger partial charge on any atom is -0.488 e. The van der Waals surface area contributed by atoms with Gasteiger partial charge in [0.05, 0.1) is 38.5 Å². The summed E-state index contributed by atoms with van der Waals surface area (Å²) in [4.78, 5) is 33.7. The molecule has 218 valence electrons. The Balaban J connectivity index is 1.42. The highest BCUT2D eigenvalue weighted by Gasteiger charge is 2.35. The maximum absolute atomic E-state index is 14.0. The van der Waals surface area contributed by atoms with Crippen molar-refractivity contribution in [1.82, 2.24) is 4.57 Å². The molecule has 0 N–H and O–H groups in total. The molecule has 6 rings (SSSR count). The van der Waals surface area contributed by atoms with Gasteiger partial charge in [-0.2, -0.15) is 5.26 Å². The number of ether oxygens (including phenoxy) is 2. The topological polar surface area (TPSA) is 93.7 Å². The van der Waals surface area contributed by atoms with E-state index in [1.807, 2.05) is 90.3 Å². The second-order valence-electron chi connectivity index (χ2n) is 9.69. The van der Waals surface area contributed by atoms with Crippen LogP contribution in [0.25, 0.3) is 11.8 Å². The highest BCUT2D eigenvalue weighted by Crippen LogP contribution is 2.37. The number of nitriles is 1. The number of hydrogen-bond acceptors (Lipinski definition) is 8. The Bertz CT molecular complexity index is 2110. The van der Waals surface area contributed by atoms with Crippen LogP contribution in [0, 0.1) is 11.3 Å². The number of thiazole rings is 1. The summed E-state index contributed by atoms with van der Waals surface area (Å²) < 4.78 is 14.3. The van der Waals surface area contributed by atoms with Gasteiger partial charge in [0.2, 0.25) is 0 Å². The fourth-order valence-electron chi connectivity index (χ4n) is 4.94. The Morgan fingerprint density at radius 1 is 1.09 bits per heavy atom. The van der Waals surface area contributed by atoms with Gasteiger partial charge in [-0.3, -0.25) is 9.36 Å². The summed E-state index contributed by atoms with van der Waals surface area (Å²) in [5.41, 5.74) is 3.51. The molecule has 1 atom stereocenters. The van der Waals surface area contributed by atoms with E-state index in [0.29, 0.717) is 36.4 Å². The van der Waals surface area contributed by atoms with E-state index in [9.17, 15) is 14.9 Å². The number of benzene rings is 3. The van der Waals surface area contributed by atoms with Crippen molar-refractivity contribution in [2.75, 3.05) is 6.61 Å². The Labute approximate surface area is 269 Å². The number of hydrogen-bond donors (Lipinski definition) is 0. The fourth-order valence-corrected chi connectivity index (χ4v) is 7.28. The molecule has 2 aromatic heterocycles. The van der Waals surface area contributed by atoms with E-state index in [1.165, 1.54) is 22.7 Å². The van der Waals surface area contributed by atoms with Crippen molar-refractivity contribution in [3.8, 4) is 11.8 Å². The highest BCUT2D eigenvalue weighted by atomic mass is 79.9. The van der Waals surface area contributed by atoms with Crippen LogP contribution in [0.1, 0.15) is 40.1 Å². The van der Waals surface area contributed by atoms with Crippen LogP contribution >= 0.6 is 38.6 Å². The molecular formula is C34H24BrN3O4S2. The molecule has 10 heteroatoms. The molecule has 0 fully saturated rings. The van der Waals surface area contributed by atoms with Crippen LogP contribution in [0.2, 0.25) is 0 Å². The van der Waals surface area contributed by atoms with E-state index in [2.05, 4.69) is 22.0 Å². The molecule has 0 radical (unpaired) electrons. The normalized spacial score (nSPS) is 14.5. The minimum absolute atomic E-state index is 0.200. The lowest BCUT2D eigenvalue weighted by molar-refractivity contribution is -0.138. The van der Waals surface area contributed by atoms with Crippen LogP contribution in [-0.4, -0.2) is 17.1 Å². The summed E-state index contributed by atoms with van der Waals surface area (Å²) in [5, 5.41) is 11.3. The first-order valence-electron chi connectivity index (χ1n) is 13.7. The number of carbonyl (C=O) groups is 1. The molecule has 0 saturated heterocycles. The zero-order chi connectivity index (χ0) is 30.6. The Hall–Kier alpha value is -4.56. The predicted octanol–water partition coefficient (Wildman–Crippen LogP) is 6.21. The number of carbonyl (C=O) groups excluding carboxylic acids is 1. The molecular weight excluding hydrogens is 658 g/mol. The molecule has 0 spiro atoms. The van der Waals surface area contributed by atoms with Crippen LogP contribution in [0.4, 0.5) is 0 Å². The smallest absolute Gasteiger partial charge is 0.338 e. The number of rotatable bonds is 8. The summed E-state index contributed by atoms with van der Waals surface area (Å²) in [6.07, 6.45) is 1.81. The van der Waals surface area contributed by atoms with Gasteiger partial charge in [-0.1, -0.05) is 72.0 Å². The van der Waals surface area contributed by atoms with Crippen molar-refractivity contribution in [3.63, 3.8) is 0 Å². The van der Waals surface area contributed by atoms with Gasteiger partial charge < -0.3 is 9.47 Å². The lowest BCUT2D eigenvalue weighted by Crippen LogP contribution is -2.39. The van der Waals surface area contributed by atoms with Crippen molar-refractivity contribution < 1.29 is 14.3 Å². The molecule has 0 unspecified atom stereocenters. The first-order valence-corrected chi connectivity index (χ1v) is 16.2. The SMILES string of the molecule is CCOC(=O)C1=C(c2ccccc2)N=c2s/c(=C/c3ccc(OCc4ccccc4C#N)c(Br)c3)c(=O)n2[C@H]1c1cccs1. The summed E-state index contributed by atoms with van der Waals surface area (Å²) in [6, 6.07) is 27.7. The van der Waals surface area contributed by atoms with Gasteiger partial charge in [0, 0.05) is 16.0 Å². The van der Waals surface area contributed by atoms with Gasteiger partial charge in [-0.15, -0.1) is 11.3 Å². The third-order valence-corrected chi connectivity index (χ3v) is 9.49. The third kappa shape index (κ3) is 5.82. The molecule has 0 amide bonds. The van der Waals surface area contributed by atoms with E-state index in [1.54, 1.807) is 17.6 Å². The Morgan fingerprint density at radius 3 is 2.61 bits per heavy atom. The van der Waals surface area contributed by atoms with Gasteiger partial charge in [-0.05, 0) is 64.1 Å². The number of aromatic nitrogens is 1. The van der Waals surface area contributed by atoms with Gasteiger partial charge >= 0.3 is 5.97 Å². The fraction of sp³-hybridized carbons (Fsp3) is 0.118. The first-order chi connectivity index (χ1) is 21.5. The molecule has 44 heavy (non-hydrogen) atoms. The first kappa shape index (κ1) is 29.5. The quantitative estimate of drug-likeness (QED) is 0.182. The highest BCUT2D eigenvalue weighted by molar-refractivity contribution is 9.10. The van der Waals surface area contributed by atoms with E-state index in [-0.39, 0.29) is 18.8 Å². The number of fused-ring (bicyclic) bond motifs is 1. The summed E-state index contributed by atoms with van der Waals surface area (Å²) >= 11 is 6.34. The van der Waals surface area contributed by atoms with Gasteiger partial charge in [0.1, 0.15) is 18.4 Å². The van der Waals surface area contributed by atoms with Crippen molar-refractivity contribution in [1.29, 1.82) is 5.26 Å². The van der Waals surface area contributed by atoms with E-state index < -0.39 is 12.0 Å². The molecule has 5 aromatic rings. The van der Waals surface area contributed by atoms with Crippen LogP contribution in [-0.2, 0) is 16.1 Å². The standard InChI is InChI=1S/C34H24BrN3O4S2/c1-2-41-33(40)29-30(22-9-4-3-5-10-22)37-34-38(31(29)27-13-8-16-43-27)32(39)28(44-34)18-21-14-15-26(25(35)17-21)42-20-24-12-7-6-11-23(24)19-36/h3-18,31H,2,20H2,1H3/b28-18+/t31-/m0/s1. The lowest BCUT2D eigenvalue weighted by atomic mass is 9.97. The molecule has 1 aliphatic heterocycles. The largest absolute Gasteiger partial charge is 0.488 e. The van der Waals surface area contributed by atoms with Crippen LogP contribution in [0.15, 0.2) is 110 Å². The average Bonchev–Trinajstić information content (AvgIpc) is 3.69. The van der Waals surface area contributed by atoms with Crippen molar-refractivity contribution in [2.45, 2.75) is 19.6 Å². The molecule has 1 aliphatic rings. The van der Waals surface area contributed by atoms with E-state index >= 15 is 0 Å². The molecule has 3 heterocycles. The number of nitrogens with zero attached hydrogens (tertiary/aromatic N) is 3. The second kappa shape index (κ2) is 13.0.